The van der Waals surface area contributed by atoms with E-state index in [4.69, 9.17) is 37.4 Å². The van der Waals surface area contributed by atoms with Crippen LogP contribution in [0.1, 0.15) is 20.7 Å². The summed E-state index contributed by atoms with van der Waals surface area (Å²) in [5.41, 5.74) is 0.416. The van der Waals surface area contributed by atoms with Crippen molar-refractivity contribution in [1.82, 2.24) is 0 Å². The van der Waals surface area contributed by atoms with Gasteiger partial charge in [-0.3, -0.25) is 0 Å². The first-order valence-electron chi connectivity index (χ1n) is 8.65. The number of esters is 2. The van der Waals surface area contributed by atoms with Crippen molar-refractivity contribution >= 4 is 35.1 Å². The largest absolute Gasteiger partial charge is 0.490 e. The van der Waals surface area contributed by atoms with E-state index in [0.29, 0.717) is 10.8 Å². The molecule has 0 atom stereocenters. The monoisotopic (exact) mass is 430 g/mol. The zero-order valence-electron chi connectivity index (χ0n) is 15.1. The third kappa shape index (κ3) is 5.98. The second-order valence-electron chi connectivity index (χ2n) is 5.84. The van der Waals surface area contributed by atoms with Crippen molar-refractivity contribution in [3.63, 3.8) is 0 Å². The molecule has 0 aliphatic heterocycles. The van der Waals surface area contributed by atoms with Crippen LogP contribution in [0.25, 0.3) is 0 Å². The number of rotatable bonds is 7. The first kappa shape index (κ1) is 20.7. The van der Waals surface area contributed by atoms with Crippen LogP contribution in [0.4, 0.5) is 0 Å². The summed E-state index contributed by atoms with van der Waals surface area (Å²) >= 11 is 11.8. The molecule has 0 amide bonds. The van der Waals surface area contributed by atoms with Crippen LogP contribution in [-0.4, -0.2) is 25.2 Å². The van der Waals surface area contributed by atoms with Gasteiger partial charge in [-0.2, -0.15) is 0 Å². The molecule has 29 heavy (non-hydrogen) atoms. The Morgan fingerprint density at radius 2 is 1.52 bits per heavy atom. The van der Waals surface area contributed by atoms with Gasteiger partial charge in [-0.25, -0.2) is 9.59 Å². The molecule has 0 aliphatic rings. The Morgan fingerprint density at radius 1 is 0.759 bits per heavy atom. The van der Waals surface area contributed by atoms with E-state index in [1.807, 2.05) is 30.3 Å². The van der Waals surface area contributed by atoms with E-state index in [9.17, 15) is 9.59 Å². The molecule has 5 nitrogen and oxygen atoms in total. The Labute approximate surface area is 177 Å². The van der Waals surface area contributed by atoms with Crippen molar-refractivity contribution in [2.75, 3.05) is 13.2 Å². The molecule has 0 N–H and O–H groups in total. The molecule has 0 aromatic heterocycles. The summed E-state index contributed by atoms with van der Waals surface area (Å²) in [7, 11) is 0. The maximum absolute atomic E-state index is 12.3. The highest BCUT2D eigenvalue weighted by Gasteiger charge is 2.15. The second kappa shape index (κ2) is 9.96. The number of benzene rings is 3. The van der Waals surface area contributed by atoms with Gasteiger partial charge in [0.15, 0.2) is 0 Å². The summed E-state index contributed by atoms with van der Waals surface area (Å²) in [4.78, 5) is 24.5. The van der Waals surface area contributed by atoms with E-state index in [1.165, 1.54) is 24.3 Å². The second-order valence-corrected chi connectivity index (χ2v) is 6.68. The third-order valence-corrected chi connectivity index (χ3v) is 4.31. The molecule has 0 saturated heterocycles. The molecule has 0 spiro atoms. The minimum atomic E-state index is -0.659. The molecule has 0 radical (unpaired) electrons. The lowest BCUT2D eigenvalue weighted by atomic mass is 10.2. The van der Waals surface area contributed by atoms with Crippen molar-refractivity contribution in [1.29, 1.82) is 0 Å². The fourth-order valence-electron chi connectivity index (χ4n) is 2.40. The van der Waals surface area contributed by atoms with Gasteiger partial charge in [0.2, 0.25) is 0 Å². The summed E-state index contributed by atoms with van der Waals surface area (Å²) in [6.07, 6.45) is 0. The fraction of sp³-hybridized carbons (Fsp3) is 0.0909. The smallest absolute Gasteiger partial charge is 0.345 e. The van der Waals surface area contributed by atoms with Crippen molar-refractivity contribution in [3.8, 4) is 11.5 Å². The Morgan fingerprint density at radius 3 is 2.28 bits per heavy atom. The van der Waals surface area contributed by atoms with Crippen LogP contribution in [-0.2, 0) is 4.74 Å². The van der Waals surface area contributed by atoms with Crippen LogP contribution in [0.3, 0.4) is 0 Å². The summed E-state index contributed by atoms with van der Waals surface area (Å²) in [6, 6.07) is 19.8. The molecule has 0 unspecified atom stereocenters. The molecular weight excluding hydrogens is 415 g/mol. The van der Waals surface area contributed by atoms with E-state index in [0.717, 1.165) is 0 Å². The standard InChI is InChI=1S/C22H16Cl2O5/c23-16-9-10-19(20(24)14-16)22(26)29-18-8-4-5-15(13-18)21(25)28-12-11-27-17-6-2-1-3-7-17/h1-10,13-14H,11-12H2. The van der Waals surface area contributed by atoms with Crippen LogP contribution < -0.4 is 9.47 Å². The number of para-hydroxylation sites is 1. The predicted octanol–water partition coefficient (Wildman–Crippen LogP) is 5.45. The highest BCUT2D eigenvalue weighted by atomic mass is 35.5. The molecule has 0 aliphatic carbocycles. The van der Waals surface area contributed by atoms with Gasteiger partial charge in [-0.05, 0) is 48.5 Å². The van der Waals surface area contributed by atoms with Crippen LogP contribution in [0.2, 0.25) is 10.0 Å². The lowest BCUT2D eigenvalue weighted by Gasteiger charge is -2.09. The van der Waals surface area contributed by atoms with Crippen LogP contribution in [0, 0.1) is 0 Å². The van der Waals surface area contributed by atoms with Gasteiger partial charge in [0.05, 0.1) is 16.1 Å². The van der Waals surface area contributed by atoms with Gasteiger partial charge in [0.25, 0.3) is 0 Å². The Hall–Kier alpha value is -3.02. The quantitative estimate of drug-likeness (QED) is 0.283. The maximum Gasteiger partial charge on any atom is 0.345 e. The Bertz CT molecular complexity index is 1010. The lowest BCUT2D eigenvalue weighted by Crippen LogP contribution is -2.13. The fourth-order valence-corrected chi connectivity index (χ4v) is 2.88. The average molecular weight is 431 g/mol. The Balaban J connectivity index is 1.55. The predicted molar refractivity (Wildman–Crippen MR) is 110 cm³/mol. The number of ether oxygens (including phenoxy) is 3. The lowest BCUT2D eigenvalue weighted by molar-refractivity contribution is 0.0449. The molecular formula is C22H16Cl2O5. The number of carbonyl (C=O) groups excluding carboxylic acids is 2. The van der Waals surface area contributed by atoms with E-state index in [1.54, 1.807) is 18.2 Å². The minimum Gasteiger partial charge on any atom is -0.490 e. The summed E-state index contributed by atoms with van der Waals surface area (Å²) in [5.74, 6) is -0.327. The van der Waals surface area contributed by atoms with E-state index in [2.05, 4.69) is 0 Å². The van der Waals surface area contributed by atoms with Crippen molar-refractivity contribution in [2.24, 2.45) is 0 Å². The first-order valence-corrected chi connectivity index (χ1v) is 9.41. The van der Waals surface area contributed by atoms with Crippen LogP contribution >= 0.6 is 23.2 Å². The van der Waals surface area contributed by atoms with Gasteiger partial charge < -0.3 is 14.2 Å². The van der Waals surface area contributed by atoms with Crippen molar-refractivity contribution in [2.45, 2.75) is 0 Å². The summed E-state index contributed by atoms with van der Waals surface area (Å²) in [6.45, 7) is 0.303. The zero-order valence-corrected chi connectivity index (χ0v) is 16.7. The van der Waals surface area contributed by atoms with Crippen LogP contribution in [0.5, 0.6) is 11.5 Å². The number of halogens is 2. The van der Waals surface area contributed by atoms with E-state index >= 15 is 0 Å². The molecule has 3 aromatic carbocycles. The molecule has 148 valence electrons. The summed E-state index contributed by atoms with van der Waals surface area (Å²) < 4.78 is 16.0. The highest BCUT2D eigenvalue weighted by molar-refractivity contribution is 6.36. The minimum absolute atomic E-state index is 0.0815. The third-order valence-electron chi connectivity index (χ3n) is 3.76. The van der Waals surface area contributed by atoms with Gasteiger partial charge in [-0.1, -0.05) is 47.5 Å². The number of hydrogen-bond donors (Lipinski definition) is 0. The molecule has 7 heteroatoms. The van der Waals surface area contributed by atoms with Crippen molar-refractivity contribution < 1.29 is 23.8 Å². The molecule has 3 rings (SSSR count). The van der Waals surface area contributed by atoms with Gasteiger partial charge in [-0.15, -0.1) is 0 Å². The highest BCUT2D eigenvalue weighted by Crippen LogP contribution is 2.23. The van der Waals surface area contributed by atoms with E-state index in [-0.39, 0.29) is 35.1 Å². The SMILES string of the molecule is O=C(OCCOc1ccccc1)c1cccc(OC(=O)c2ccc(Cl)cc2Cl)c1. The van der Waals surface area contributed by atoms with Gasteiger partial charge in [0.1, 0.15) is 24.7 Å². The Kier molecular flexibility index (Phi) is 7.11. The van der Waals surface area contributed by atoms with Crippen LogP contribution in [0.15, 0.2) is 72.8 Å². The maximum atomic E-state index is 12.3. The normalized spacial score (nSPS) is 10.3. The molecule has 0 saturated carbocycles. The first-order chi connectivity index (χ1) is 14.0. The molecule has 0 fully saturated rings. The average Bonchev–Trinajstić information content (AvgIpc) is 2.72. The summed E-state index contributed by atoms with van der Waals surface area (Å²) in [5, 5.41) is 0.587. The number of hydrogen-bond acceptors (Lipinski definition) is 5. The zero-order chi connectivity index (χ0) is 20.6. The van der Waals surface area contributed by atoms with E-state index < -0.39 is 11.9 Å². The topological polar surface area (TPSA) is 61.8 Å². The molecule has 0 bridgehead atoms. The molecule has 0 heterocycles. The van der Waals surface area contributed by atoms with Gasteiger partial charge in [0, 0.05) is 5.02 Å². The number of carbonyl (C=O) groups is 2. The van der Waals surface area contributed by atoms with Crippen molar-refractivity contribution in [3.05, 3.63) is 94.0 Å². The molecule has 3 aromatic rings. The van der Waals surface area contributed by atoms with Gasteiger partial charge >= 0.3 is 11.9 Å².